The Hall–Kier alpha value is -5.62. The molecule has 16 nitrogen and oxygen atoms in total. The molecule has 2 aromatic carbocycles. The predicted octanol–water partition coefficient (Wildman–Crippen LogP) is -1.85. The fourth-order valence-corrected chi connectivity index (χ4v) is 5.87. The lowest BCUT2D eigenvalue weighted by atomic mass is 10.0. The molecule has 4 rings (SSSR count). The molecule has 51 heavy (non-hydrogen) atoms. The first-order chi connectivity index (χ1) is 24.2. The summed E-state index contributed by atoms with van der Waals surface area (Å²) in [5, 5.41) is 18.1. The van der Waals surface area contributed by atoms with Gasteiger partial charge >= 0.3 is 0 Å². The second-order valence-electron chi connectivity index (χ2n) is 12.3. The molecule has 274 valence electrons. The van der Waals surface area contributed by atoms with Gasteiger partial charge < -0.3 is 53.9 Å². The molecule has 5 amide bonds. The molecule has 0 spiro atoms. The summed E-state index contributed by atoms with van der Waals surface area (Å²) in [5.41, 5.74) is 23.9. The van der Waals surface area contributed by atoms with E-state index in [1.807, 2.05) is 0 Å². The quantitative estimate of drug-likeness (QED) is 0.0457. The van der Waals surface area contributed by atoms with E-state index >= 15 is 0 Å². The molecule has 1 aromatic heterocycles. The van der Waals surface area contributed by atoms with Crippen LogP contribution < -0.4 is 38.9 Å². The smallest absolute Gasteiger partial charge is 0.243 e. The maximum atomic E-state index is 14.5. The second-order valence-corrected chi connectivity index (χ2v) is 12.3. The van der Waals surface area contributed by atoms with Gasteiger partial charge in [0.1, 0.15) is 29.8 Å². The van der Waals surface area contributed by atoms with Crippen LogP contribution in [0.4, 0.5) is 8.78 Å². The third kappa shape index (κ3) is 10.4. The van der Waals surface area contributed by atoms with E-state index in [2.05, 4.69) is 25.9 Å². The average Bonchev–Trinajstić information content (AvgIpc) is 3.69. The van der Waals surface area contributed by atoms with Gasteiger partial charge in [0.25, 0.3) is 0 Å². The highest BCUT2D eigenvalue weighted by atomic mass is 19.1. The number of guanidine groups is 1. The predicted molar refractivity (Wildman–Crippen MR) is 182 cm³/mol. The summed E-state index contributed by atoms with van der Waals surface area (Å²) in [6, 6.07) is 5.10. The third-order valence-electron chi connectivity index (χ3n) is 8.39. The van der Waals surface area contributed by atoms with Crippen molar-refractivity contribution < 1.29 is 37.9 Å². The molecule has 0 radical (unpaired) electrons. The van der Waals surface area contributed by atoms with Crippen LogP contribution in [0.3, 0.4) is 0 Å². The Morgan fingerprint density at radius 3 is 2.41 bits per heavy atom. The van der Waals surface area contributed by atoms with Gasteiger partial charge in [0, 0.05) is 43.0 Å². The summed E-state index contributed by atoms with van der Waals surface area (Å²) in [6.45, 7) is -0.680. The standard InChI is InChI=1S/C33H42F2N10O6/c34-19-8-6-17(7-9-19)11-22(36)32(51)45-16-20(46)13-26(45)31(50)44-24(5-2-10-40-33(38)39)30(49)42-15-27(47)43-25(29(37)48)12-18-14-41-23-4-1-3-21(35)28(18)23/h1,3-4,6-9,14,20,22,24-26,41,46H,2,5,10-13,15-16,36H2,(H2,37,48)(H,42,49)(H,43,47)(H,44,50)(H4,38,39,40)/t20-,22+,24+,25+,26+/m1/s1. The molecule has 1 fully saturated rings. The van der Waals surface area contributed by atoms with Gasteiger partial charge in [0.15, 0.2) is 5.96 Å². The van der Waals surface area contributed by atoms with Crippen molar-refractivity contribution in [3.8, 4) is 0 Å². The highest BCUT2D eigenvalue weighted by Gasteiger charge is 2.41. The molecule has 18 heteroatoms. The van der Waals surface area contributed by atoms with E-state index in [0.717, 1.165) is 4.90 Å². The Balaban J connectivity index is 1.39. The molecule has 1 aliphatic heterocycles. The number of halogens is 2. The van der Waals surface area contributed by atoms with Crippen LogP contribution in [-0.2, 0) is 36.8 Å². The summed E-state index contributed by atoms with van der Waals surface area (Å²) in [6.07, 6.45) is 0.498. The maximum absolute atomic E-state index is 14.5. The van der Waals surface area contributed by atoms with Crippen LogP contribution >= 0.6 is 0 Å². The first kappa shape index (κ1) is 38.2. The minimum absolute atomic E-state index is 0.0132. The van der Waals surface area contributed by atoms with Crippen molar-refractivity contribution in [3.63, 3.8) is 0 Å². The number of aliphatic imine (C=N–C) groups is 1. The molecule has 13 N–H and O–H groups in total. The molecule has 1 saturated heterocycles. The van der Waals surface area contributed by atoms with Gasteiger partial charge in [-0.25, -0.2) is 8.78 Å². The van der Waals surface area contributed by atoms with E-state index in [9.17, 15) is 37.9 Å². The Morgan fingerprint density at radius 2 is 1.73 bits per heavy atom. The Morgan fingerprint density at radius 1 is 1.00 bits per heavy atom. The van der Waals surface area contributed by atoms with E-state index in [1.165, 1.54) is 42.6 Å². The lowest BCUT2D eigenvalue weighted by molar-refractivity contribution is -0.140. The average molecular weight is 713 g/mol. The van der Waals surface area contributed by atoms with Gasteiger partial charge in [-0.05, 0) is 54.7 Å². The zero-order valence-electron chi connectivity index (χ0n) is 27.6. The van der Waals surface area contributed by atoms with Crippen molar-refractivity contribution in [1.82, 2.24) is 25.8 Å². The molecule has 0 bridgehead atoms. The molecule has 5 atom stereocenters. The summed E-state index contributed by atoms with van der Waals surface area (Å²) in [7, 11) is 0. The zero-order chi connectivity index (χ0) is 37.2. The highest BCUT2D eigenvalue weighted by Crippen LogP contribution is 2.23. The number of nitrogens with zero attached hydrogens (tertiary/aromatic N) is 2. The number of aromatic nitrogens is 1. The molecule has 1 aliphatic rings. The molecular formula is C33H42F2N10O6. The van der Waals surface area contributed by atoms with E-state index in [1.54, 1.807) is 6.07 Å². The number of carbonyl (C=O) groups excluding carboxylic acids is 5. The number of H-pyrrole nitrogens is 1. The normalized spacial score (nSPS) is 17.3. The lowest BCUT2D eigenvalue weighted by Gasteiger charge is -2.28. The van der Waals surface area contributed by atoms with Crippen LogP contribution in [0.5, 0.6) is 0 Å². The van der Waals surface area contributed by atoms with Crippen LogP contribution in [0.1, 0.15) is 30.4 Å². The number of likely N-dealkylation sites (tertiary alicyclic amines) is 1. The number of aliphatic hydroxyl groups excluding tert-OH is 1. The molecule has 0 unspecified atom stereocenters. The number of aromatic amines is 1. The number of benzene rings is 2. The highest BCUT2D eigenvalue weighted by molar-refractivity contribution is 5.95. The van der Waals surface area contributed by atoms with Crippen LogP contribution in [0.15, 0.2) is 53.7 Å². The maximum Gasteiger partial charge on any atom is 0.243 e. The minimum Gasteiger partial charge on any atom is -0.391 e. The molecule has 2 heterocycles. The Labute approximate surface area is 291 Å². The Kier molecular flexibility index (Phi) is 13.0. The van der Waals surface area contributed by atoms with Gasteiger partial charge in [0.05, 0.1) is 18.7 Å². The SMILES string of the molecule is NC(=O)[C@H](Cc1c[nH]c2cccc(F)c12)NC(=O)CNC(=O)[C@H](CCCN=C(N)N)NC(=O)[C@@H]1C[C@@H](O)CN1C(=O)[C@@H](N)Cc1ccc(F)cc1. The number of fused-ring (bicyclic) bond motifs is 1. The first-order valence-electron chi connectivity index (χ1n) is 16.2. The van der Waals surface area contributed by atoms with E-state index in [4.69, 9.17) is 22.9 Å². The molecule has 0 aliphatic carbocycles. The number of hydrogen-bond donors (Lipinski definition) is 9. The number of nitrogens with one attached hydrogen (secondary N) is 4. The van der Waals surface area contributed by atoms with Crippen molar-refractivity contribution >= 4 is 46.4 Å². The largest absolute Gasteiger partial charge is 0.391 e. The number of nitrogens with two attached hydrogens (primary N) is 4. The van der Waals surface area contributed by atoms with Crippen molar-refractivity contribution in [3.05, 3.63) is 71.4 Å². The van der Waals surface area contributed by atoms with Crippen LogP contribution in [0, 0.1) is 11.6 Å². The second kappa shape index (κ2) is 17.3. The number of aliphatic hydroxyl groups is 1. The number of amides is 5. The first-order valence-corrected chi connectivity index (χ1v) is 16.2. The summed E-state index contributed by atoms with van der Waals surface area (Å²) in [5.74, 6) is -4.98. The van der Waals surface area contributed by atoms with E-state index < -0.39 is 78.0 Å². The number of β-amino-alcohol motifs (C(OH)–C–C–N with tert-alkyl or cyclic N) is 1. The van der Waals surface area contributed by atoms with Crippen LogP contribution in [-0.4, -0.2) is 100 Å². The number of hydrogen-bond acceptors (Lipinski definition) is 8. The summed E-state index contributed by atoms with van der Waals surface area (Å²) < 4.78 is 27.8. The van der Waals surface area contributed by atoms with Gasteiger partial charge in [-0.1, -0.05) is 18.2 Å². The van der Waals surface area contributed by atoms with E-state index in [-0.39, 0.29) is 56.5 Å². The topological polar surface area (TPSA) is 277 Å². The van der Waals surface area contributed by atoms with Crippen molar-refractivity contribution in [2.75, 3.05) is 19.6 Å². The van der Waals surface area contributed by atoms with Crippen molar-refractivity contribution in [1.29, 1.82) is 0 Å². The minimum atomic E-state index is -1.24. The molecular weight excluding hydrogens is 670 g/mol. The Bertz CT molecular complexity index is 1760. The van der Waals surface area contributed by atoms with E-state index in [0.29, 0.717) is 16.6 Å². The van der Waals surface area contributed by atoms with Crippen molar-refractivity contribution in [2.45, 2.75) is 62.4 Å². The van der Waals surface area contributed by atoms with Gasteiger partial charge in [0.2, 0.25) is 29.5 Å². The van der Waals surface area contributed by atoms with Crippen LogP contribution in [0.25, 0.3) is 10.9 Å². The number of primary amides is 1. The molecule has 3 aromatic rings. The fraction of sp³-hybridized carbons (Fsp3) is 0.394. The third-order valence-corrected chi connectivity index (χ3v) is 8.39. The fourth-order valence-electron chi connectivity index (χ4n) is 5.87. The van der Waals surface area contributed by atoms with Crippen molar-refractivity contribution in [2.24, 2.45) is 27.9 Å². The molecule has 0 saturated carbocycles. The van der Waals surface area contributed by atoms with Gasteiger partial charge in [-0.3, -0.25) is 29.0 Å². The summed E-state index contributed by atoms with van der Waals surface area (Å²) in [4.78, 5) is 73.0. The lowest BCUT2D eigenvalue weighted by Crippen LogP contribution is -2.56. The van der Waals surface area contributed by atoms with Gasteiger partial charge in [-0.2, -0.15) is 0 Å². The monoisotopic (exact) mass is 712 g/mol. The number of carbonyl (C=O) groups is 5. The van der Waals surface area contributed by atoms with Crippen LogP contribution in [0.2, 0.25) is 0 Å². The van der Waals surface area contributed by atoms with Gasteiger partial charge in [-0.15, -0.1) is 0 Å². The number of rotatable bonds is 16. The zero-order valence-corrected chi connectivity index (χ0v) is 27.6. The summed E-state index contributed by atoms with van der Waals surface area (Å²) >= 11 is 0.